The van der Waals surface area contributed by atoms with E-state index >= 15 is 0 Å². The average molecular weight is 1660 g/mol. The molecule has 0 saturated heterocycles. The van der Waals surface area contributed by atoms with E-state index in [0.717, 1.165) is 112 Å². The van der Waals surface area contributed by atoms with Crippen LogP contribution in [0, 0.1) is 13.8 Å². The highest BCUT2D eigenvalue weighted by Gasteiger charge is 2.28. The van der Waals surface area contributed by atoms with Gasteiger partial charge >= 0.3 is 0 Å². The van der Waals surface area contributed by atoms with Crippen LogP contribution >= 0.6 is 0 Å². The molecule has 25 rings (SSSR count). The van der Waals surface area contributed by atoms with Crippen molar-refractivity contribution >= 4 is 177 Å². The molecule has 0 spiro atoms. The number of anilines is 12. The van der Waals surface area contributed by atoms with Gasteiger partial charge in [-0.1, -0.05) is 357 Å². The maximum absolute atomic E-state index is 6.68. The summed E-state index contributed by atoms with van der Waals surface area (Å²) < 4.78 is 13.3. The van der Waals surface area contributed by atoms with Crippen molar-refractivity contribution in [1.29, 1.82) is 0 Å². The molecule has 2 heterocycles. The minimum absolute atomic E-state index is 0.871. The van der Waals surface area contributed by atoms with E-state index < -0.39 is 0 Å². The van der Waals surface area contributed by atoms with Gasteiger partial charge in [0.25, 0.3) is 0 Å². The highest BCUT2D eigenvalue weighted by Crippen LogP contribution is 2.53. The van der Waals surface area contributed by atoms with Crippen LogP contribution in [0.1, 0.15) is 11.1 Å². The Morgan fingerprint density at radius 2 is 0.462 bits per heavy atom. The standard InChI is InChI=1S/C65H44N2O.C59H40N2O/c1-43-24-33-51(34-25-43)66(60-41-32-49(44-14-5-2-6-15-44)42-58(60)45-16-7-3-8-17-45)52-35-26-46(27-36-52)53-37-28-47-30-39-57-59(40-31-48-29-38-55(53)63(47)64(48)57)67(50-18-9-4-10-19-50)61-22-13-21-56-54-20-11-12-23-62(54)68-65(56)61;1-39-23-31-45(32-24-39)60(53-20-10-8-17-48(53)40-13-4-2-5-14-40)46-33-25-41(26-34-46)47-35-27-42-29-37-52-54(38-30-43-28-36-50(47)57(42)58(43)52)61(44-15-6-3-7-16-44)55-21-12-19-51-49-18-9-11-22-56(49)62-59(51)55/h2-42H,1H3;2-38H,1H3. The first-order valence-electron chi connectivity index (χ1n) is 44.6. The molecule has 2 aromatic heterocycles. The van der Waals surface area contributed by atoms with Crippen LogP contribution in [0.3, 0.4) is 0 Å². The summed E-state index contributed by atoms with van der Waals surface area (Å²) in [6, 6.07) is 171. The average Bonchev–Trinajstić information content (AvgIpc) is 0.842. The highest BCUT2D eigenvalue weighted by atomic mass is 16.3. The van der Waals surface area contributed by atoms with E-state index in [-0.39, 0.29) is 0 Å². The van der Waals surface area contributed by atoms with Crippen molar-refractivity contribution in [2.24, 2.45) is 0 Å². The van der Waals surface area contributed by atoms with Crippen molar-refractivity contribution < 1.29 is 8.83 Å². The van der Waals surface area contributed by atoms with E-state index in [4.69, 9.17) is 8.83 Å². The first-order valence-corrected chi connectivity index (χ1v) is 44.6. The van der Waals surface area contributed by atoms with Gasteiger partial charge < -0.3 is 28.4 Å². The van der Waals surface area contributed by atoms with E-state index in [1.807, 2.05) is 12.1 Å². The SMILES string of the molecule is Cc1ccc(N(c2ccc(-c3ccc4ccc5c(N(c6ccccc6)c6cccc7c6oc6ccccc67)ccc6ccc3c4c65)cc2)c2ccc(-c3ccccc3)cc2-c2ccccc2)cc1.Cc1ccc(N(c2ccc(-c3ccc4ccc5c(N(c6ccccc6)c6cccc7c6oc6ccccc67)ccc6ccc3c4c65)cc2)c2ccccc2-c2ccccc2)cc1. The normalized spacial score (nSPS) is 11.6. The van der Waals surface area contributed by atoms with Gasteiger partial charge in [0, 0.05) is 77.6 Å². The molecular weight excluding hydrogens is 1580 g/mol. The Morgan fingerprint density at radius 1 is 0.162 bits per heavy atom. The van der Waals surface area contributed by atoms with E-state index in [1.54, 1.807) is 0 Å². The second kappa shape index (κ2) is 32.2. The zero-order chi connectivity index (χ0) is 86.3. The van der Waals surface area contributed by atoms with E-state index in [1.165, 1.54) is 131 Å². The number of fused-ring (bicyclic) bond motifs is 6. The van der Waals surface area contributed by atoms with Gasteiger partial charge in [-0.25, -0.2) is 0 Å². The molecule has 0 radical (unpaired) electrons. The summed E-state index contributed by atoms with van der Waals surface area (Å²) in [6.07, 6.45) is 0. The lowest BCUT2D eigenvalue weighted by Crippen LogP contribution is -2.11. The molecule has 612 valence electrons. The molecular formula is C124H84N4O2. The predicted octanol–water partition coefficient (Wildman–Crippen LogP) is 35.8. The molecule has 0 unspecified atom stereocenters. The smallest absolute Gasteiger partial charge is 0.159 e. The molecule has 0 bridgehead atoms. The van der Waals surface area contributed by atoms with E-state index in [0.29, 0.717) is 0 Å². The Labute approximate surface area is 753 Å². The molecule has 0 aliphatic rings. The molecule has 6 nitrogen and oxygen atoms in total. The quantitative estimate of drug-likeness (QED) is 0.0846. The maximum atomic E-state index is 6.68. The number of aryl methyl sites for hydroxylation is 2. The highest BCUT2D eigenvalue weighted by molar-refractivity contribution is 6.30. The van der Waals surface area contributed by atoms with Crippen molar-refractivity contribution in [2.45, 2.75) is 13.8 Å². The summed E-state index contributed by atoms with van der Waals surface area (Å²) in [5.74, 6) is 0. The van der Waals surface area contributed by atoms with Gasteiger partial charge in [-0.15, -0.1) is 0 Å². The summed E-state index contributed by atoms with van der Waals surface area (Å²) in [6.45, 7) is 4.28. The second-order valence-corrected chi connectivity index (χ2v) is 33.9. The lowest BCUT2D eigenvalue weighted by molar-refractivity contribution is 0.669. The Bertz CT molecular complexity index is 8530. The Balaban J connectivity index is 0.000000145. The van der Waals surface area contributed by atoms with E-state index in [9.17, 15) is 0 Å². The number of furan rings is 2. The molecule has 25 aromatic rings. The molecule has 0 saturated carbocycles. The topological polar surface area (TPSA) is 39.2 Å². The molecule has 23 aromatic carbocycles. The van der Waals surface area contributed by atoms with Crippen LogP contribution in [0.5, 0.6) is 0 Å². The maximum Gasteiger partial charge on any atom is 0.159 e. The van der Waals surface area contributed by atoms with Gasteiger partial charge in [0.15, 0.2) is 11.2 Å². The van der Waals surface area contributed by atoms with Gasteiger partial charge in [0.2, 0.25) is 0 Å². The minimum atomic E-state index is 0.871. The van der Waals surface area contributed by atoms with Crippen molar-refractivity contribution in [3.63, 3.8) is 0 Å². The van der Waals surface area contributed by atoms with Crippen LogP contribution < -0.4 is 19.6 Å². The van der Waals surface area contributed by atoms with Gasteiger partial charge in [0.1, 0.15) is 11.2 Å². The van der Waals surface area contributed by atoms with Crippen molar-refractivity contribution in [2.75, 3.05) is 19.6 Å². The van der Waals surface area contributed by atoms with Crippen LogP contribution in [0.4, 0.5) is 68.2 Å². The summed E-state index contributed by atoms with van der Waals surface area (Å²) in [5.41, 5.74) is 30.8. The lowest BCUT2D eigenvalue weighted by atomic mass is 9.89. The fourth-order valence-corrected chi connectivity index (χ4v) is 20.0. The summed E-state index contributed by atoms with van der Waals surface area (Å²) in [7, 11) is 0. The number of benzene rings is 23. The predicted molar refractivity (Wildman–Crippen MR) is 550 cm³/mol. The third-order valence-corrected chi connectivity index (χ3v) is 26.2. The van der Waals surface area contributed by atoms with Gasteiger partial charge in [-0.05, 0) is 240 Å². The van der Waals surface area contributed by atoms with Crippen LogP contribution in [0.2, 0.25) is 0 Å². The van der Waals surface area contributed by atoms with Crippen LogP contribution in [0.25, 0.3) is 164 Å². The van der Waals surface area contributed by atoms with Crippen LogP contribution in [-0.4, -0.2) is 0 Å². The molecule has 0 atom stereocenters. The van der Waals surface area contributed by atoms with Gasteiger partial charge in [-0.3, -0.25) is 0 Å². The molecule has 130 heavy (non-hydrogen) atoms. The molecule has 0 aliphatic carbocycles. The fourth-order valence-electron chi connectivity index (χ4n) is 20.0. The first-order chi connectivity index (χ1) is 64.3. The molecule has 0 N–H and O–H groups in total. The molecule has 0 fully saturated rings. The Hall–Kier alpha value is -17.1. The second-order valence-electron chi connectivity index (χ2n) is 33.9. The summed E-state index contributed by atoms with van der Waals surface area (Å²) in [4.78, 5) is 9.51. The minimum Gasteiger partial charge on any atom is -0.454 e. The van der Waals surface area contributed by atoms with Crippen molar-refractivity contribution in [1.82, 2.24) is 0 Å². The molecule has 6 heteroatoms. The van der Waals surface area contributed by atoms with Gasteiger partial charge in [0.05, 0.1) is 34.1 Å². The summed E-state index contributed by atoms with van der Waals surface area (Å²) in [5, 5.41) is 19.2. The van der Waals surface area contributed by atoms with Crippen molar-refractivity contribution in [3.05, 3.63) is 484 Å². The van der Waals surface area contributed by atoms with Crippen LogP contribution in [0.15, 0.2) is 482 Å². The van der Waals surface area contributed by atoms with E-state index in [2.05, 4.69) is 494 Å². The van der Waals surface area contributed by atoms with Crippen molar-refractivity contribution in [3.8, 4) is 55.6 Å². The number of hydrogen-bond donors (Lipinski definition) is 0. The number of rotatable bonds is 17. The Kier molecular flexibility index (Phi) is 19.0. The summed E-state index contributed by atoms with van der Waals surface area (Å²) >= 11 is 0. The van der Waals surface area contributed by atoms with Gasteiger partial charge in [-0.2, -0.15) is 0 Å². The number of hydrogen-bond acceptors (Lipinski definition) is 6. The molecule has 0 aliphatic heterocycles. The monoisotopic (exact) mass is 1660 g/mol. The number of para-hydroxylation sites is 7. The largest absolute Gasteiger partial charge is 0.454 e. The Morgan fingerprint density at radius 3 is 0.908 bits per heavy atom. The third kappa shape index (κ3) is 13.3. The third-order valence-electron chi connectivity index (χ3n) is 26.2. The number of nitrogens with zero attached hydrogens (tertiary/aromatic N) is 4. The zero-order valence-electron chi connectivity index (χ0n) is 71.6. The molecule has 0 amide bonds. The first kappa shape index (κ1) is 76.6. The van der Waals surface area contributed by atoms with Crippen LogP contribution in [-0.2, 0) is 0 Å². The fraction of sp³-hybridized carbons (Fsp3) is 0.0161. The zero-order valence-corrected chi connectivity index (χ0v) is 71.6. The lowest BCUT2D eigenvalue weighted by Gasteiger charge is -2.29.